The summed E-state index contributed by atoms with van der Waals surface area (Å²) in [5.74, 6) is -0.865. The van der Waals surface area contributed by atoms with Crippen molar-refractivity contribution in [2.45, 2.75) is 19.9 Å². The van der Waals surface area contributed by atoms with E-state index >= 15 is 0 Å². The zero-order valence-corrected chi connectivity index (χ0v) is 10.8. The quantitative estimate of drug-likeness (QED) is 0.874. The maximum absolute atomic E-state index is 11.8. The SMILES string of the molecule is CCOc1ccccc1CN1C[C@@H](C(=O)O)CC1=O. The van der Waals surface area contributed by atoms with Crippen molar-refractivity contribution in [3.05, 3.63) is 29.8 Å². The van der Waals surface area contributed by atoms with E-state index in [1.54, 1.807) is 4.90 Å². The molecule has 1 fully saturated rings. The van der Waals surface area contributed by atoms with Crippen LogP contribution in [0.15, 0.2) is 24.3 Å². The predicted octanol–water partition coefficient (Wildman–Crippen LogP) is 1.52. The number of ether oxygens (including phenoxy) is 1. The second-order valence-corrected chi connectivity index (χ2v) is 4.55. The zero-order chi connectivity index (χ0) is 13.8. The summed E-state index contributed by atoms with van der Waals surface area (Å²) >= 11 is 0. The Morgan fingerprint density at radius 1 is 1.47 bits per heavy atom. The van der Waals surface area contributed by atoms with E-state index in [1.165, 1.54) is 0 Å². The van der Waals surface area contributed by atoms with E-state index in [4.69, 9.17) is 9.84 Å². The van der Waals surface area contributed by atoms with Crippen molar-refractivity contribution in [1.82, 2.24) is 4.90 Å². The minimum atomic E-state index is -0.908. The van der Waals surface area contributed by atoms with E-state index < -0.39 is 11.9 Å². The first kappa shape index (κ1) is 13.4. The highest BCUT2D eigenvalue weighted by molar-refractivity contribution is 5.86. The van der Waals surface area contributed by atoms with Crippen molar-refractivity contribution in [2.75, 3.05) is 13.2 Å². The molecule has 0 aliphatic carbocycles. The van der Waals surface area contributed by atoms with Gasteiger partial charge < -0.3 is 14.7 Å². The van der Waals surface area contributed by atoms with Gasteiger partial charge in [-0.25, -0.2) is 0 Å². The van der Waals surface area contributed by atoms with E-state index in [9.17, 15) is 9.59 Å². The Morgan fingerprint density at radius 2 is 2.21 bits per heavy atom. The fourth-order valence-electron chi connectivity index (χ4n) is 2.23. The number of carbonyl (C=O) groups excluding carboxylic acids is 1. The second kappa shape index (κ2) is 5.73. The largest absolute Gasteiger partial charge is 0.494 e. The van der Waals surface area contributed by atoms with Crippen LogP contribution in [0.2, 0.25) is 0 Å². The molecule has 0 bridgehead atoms. The van der Waals surface area contributed by atoms with Crippen LogP contribution >= 0.6 is 0 Å². The summed E-state index contributed by atoms with van der Waals surface area (Å²) in [5, 5.41) is 8.95. The van der Waals surface area contributed by atoms with Gasteiger partial charge in [0.05, 0.1) is 12.5 Å². The predicted molar refractivity (Wildman–Crippen MR) is 68.8 cm³/mol. The highest BCUT2D eigenvalue weighted by Gasteiger charge is 2.34. The molecule has 1 aromatic carbocycles. The van der Waals surface area contributed by atoms with Crippen LogP contribution in [0.3, 0.4) is 0 Å². The first-order valence-electron chi connectivity index (χ1n) is 6.33. The molecular weight excluding hydrogens is 246 g/mol. The molecule has 0 unspecified atom stereocenters. The van der Waals surface area contributed by atoms with Crippen LogP contribution in [0, 0.1) is 5.92 Å². The standard InChI is InChI=1S/C14H17NO4/c1-2-19-12-6-4-3-5-10(12)8-15-9-11(14(17)18)7-13(15)16/h3-6,11H,2,7-9H2,1H3,(H,17,18)/t11-/m0/s1. The molecule has 1 aromatic rings. The third kappa shape index (κ3) is 3.05. The lowest BCUT2D eigenvalue weighted by Crippen LogP contribution is -2.26. The van der Waals surface area contributed by atoms with E-state index in [2.05, 4.69) is 0 Å². The minimum absolute atomic E-state index is 0.0894. The van der Waals surface area contributed by atoms with Crippen LogP contribution in [0.5, 0.6) is 5.75 Å². The molecule has 1 N–H and O–H groups in total. The zero-order valence-electron chi connectivity index (χ0n) is 10.8. The van der Waals surface area contributed by atoms with Gasteiger partial charge in [-0.1, -0.05) is 18.2 Å². The number of hydrogen-bond donors (Lipinski definition) is 1. The smallest absolute Gasteiger partial charge is 0.308 e. The third-order valence-electron chi connectivity index (χ3n) is 3.20. The fraction of sp³-hybridized carbons (Fsp3) is 0.429. The average Bonchev–Trinajstić information content (AvgIpc) is 2.74. The van der Waals surface area contributed by atoms with Gasteiger partial charge in [-0.3, -0.25) is 9.59 Å². The molecule has 0 saturated carbocycles. The average molecular weight is 263 g/mol. The number of amides is 1. The number of rotatable bonds is 5. The van der Waals surface area contributed by atoms with Crippen molar-refractivity contribution < 1.29 is 19.4 Å². The lowest BCUT2D eigenvalue weighted by Gasteiger charge is -2.18. The van der Waals surface area contributed by atoms with Gasteiger partial charge in [0.1, 0.15) is 5.75 Å². The summed E-state index contributed by atoms with van der Waals surface area (Å²) in [6.07, 6.45) is 0.0894. The number of likely N-dealkylation sites (tertiary alicyclic amines) is 1. The van der Waals surface area contributed by atoms with Crippen molar-refractivity contribution in [3.8, 4) is 5.75 Å². The Morgan fingerprint density at radius 3 is 2.84 bits per heavy atom. The van der Waals surface area contributed by atoms with Crippen molar-refractivity contribution >= 4 is 11.9 Å². The molecule has 5 nitrogen and oxygen atoms in total. The number of carboxylic acids is 1. The van der Waals surface area contributed by atoms with E-state index in [1.807, 2.05) is 31.2 Å². The van der Waals surface area contributed by atoms with Crippen molar-refractivity contribution in [1.29, 1.82) is 0 Å². The highest BCUT2D eigenvalue weighted by atomic mass is 16.5. The van der Waals surface area contributed by atoms with Crippen molar-refractivity contribution in [2.24, 2.45) is 5.92 Å². The number of hydrogen-bond acceptors (Lipinski definition) is 3. The molecule has 1 heterocycles. The number of carboxylic acid groups (broad SMARTS) is 1. The minimum Gasteiger partial charge on any atom is -0.494 e. The Labute approximate surface area is 111 Å². The molecule has 1 amide bonds. The van der Waals surface area contributed by atoms with Crippen LogP contribution in [-0.2, 0) is 16.1 Å². The number of carbonyl (C=O) groups is 2. The lowest BCUT2D eigenvalue weighted by molar-refractivity contribution is -0.141. The summed E-state index contributed by atoms with van der Waals surface area (Å²) < 4.78 is 5.50. The molecule has 19 heavy (non-hydrogen) atoms. The van der Waals surface area contributed by atoms with Gasteiger partial charge in [0, 0.05) is 25.1 Å². The van der Waals surface area contributed by atoms with Crippen molar-refractivity contribution in [3.63, 3.8) is 0 Å². The van der Waals surface area contributed by atoms with Gasteiger partial charge in [0.25, 0.3) is 0 Å². The summed E-state index contributed by atoms with van der Waals surface area (Å²) in [6.45, 7) is 3.13. The van der Waals surface area contributed by atoms with Gasteiger partial charge >= 0.3 is 5.97 Å². The molecule has 5 heteroatoms. The van der Waals surface area contributed by atoms with Gasteiger partial charge in [-0.2, -0.15) is 0 Å². The molecule has 1 aliphatic heterocycles. The van der Waals surface area contributed by atoms with E-state index in [-0.39, 0.29) is 18.9 Å². The summed E-state index contributed by atoms with van der Waals surface area (Å²) in [7, 11) is 0. The Balaban J connectivity index is 2.09. The summed E-state index contributed by atoms with van der Waals surface area (Å²) in [5.41, 5.74) is 0.906. The normalized spacial score (nSPS) is 18.7. The summed E-state index contributed by atoms with van der Waals surface area (Å²) in [4.78, 5) is 24.3. The molecule has 102 valence electrons. The molecule has 0 radical (unpaired) electrons. The lowest BCUT2D eigenvalue weighted by atomic mass is 10.1. The molecule has 1 saturated heterocycles. The maximum Gasteiger partial charge on any atom is 0.308 e. The van der Waals surface area contributed by atoms with E-state index in [0.717, 1.165) is 11.3 Å². The first-order valence-corrected chi connectivity index (χ1v) is 6.33. The van der Waals surface area contributed by atoms with Crippen LogP contribution in [-0.4, -0.2) is 35.0 Å². The maximum atomic E-state index is 11.8. The van der Waals surface area contributed by atoms with Gasteiger partial charge in [-0.15, -0.1) is 0 Å². The molecule has 1 aliphatic rings. The molecule has 1 atom stereocenters. The first-order chi connectivity index (χ1) is 9.11. The summed E-state index contributed by atoms with van der Waals surface area (Å²) in [6, 6.07) is 7.51. The van der Waals surface area contributed by atoms with Gasteiger partial charge in [-0.05, 0) is 13.0 Å². The van der Waals surface area contributed by atoms with E-state index in [0.29, 0.717) is 13.2 Å². The number of aliphatic carboxylic acids is 1. The molecular formula is C14H17NO4. The monoisotopic (exact) mass is 263 g/mol. The Bertz CT molecular complexity index is 486. The van der Waals surface area contributed by atoms with Crippen LogP contribution in [0.25, 0.3) is 0 Å². The van der Waals surface area contributed by atoms with Gasteiger partial charge in [0.15, 0.2) is 0 Å². The highest BCUT2D eigenvalue weighted by Crippen LogP contribution is 2.24. The fourth-order valence-corrected chi connectivity index (χ4v) is 2.23. The Kier molecular flexibility index (Phi) is 4.04. The van der Waals surface area contributed by atoms with Gasteiger partial charge in [0.2, 0.25) is 5.91 Å². The molecule has 0 spiro atoms. The van der Waals surface area contributed by atoms with Crippen LogP contribution in [0.4, 0.5) is 0 Å². The number of nitrogens with zero attached hydrogens (tertiary/aromatic N) is 1. The molecule has 0 aromatic heterocycles. The molecule has 2 rings (SSSR count). The second-order valence-electron chi connectivity index (χ2n) is 4.55. The topological polar surface area (TPSA) is 66.8 Å². The number of benzene rings is 1. The number of para-hydroxylation sites is 1. The van der Waals surface area contributed by atoms with Crippen LogP contribution in [0.1, 0.15) is 18.9 Å². The third-order valence-corrected chi connectivity index (χ3v) is 3.20. The Hall–Kier alpha value is -2.04. The van der Waals surface area contributed by atoms with Crippen LogP contribution < -0.4 is 4.74 Å².